The molecule has 1 amide bonds. The molecule has 146 valence electrons. The normalized spacial score (nSPS) is 11.0. The molecule has 0 spiro atoms. The van der Waals surface area contributed by atoms with Gasteiger partial charge in [-0.25, -0.2) is 4.98 Å². The first-order valence-corrected chi connectivity index (χ1v) is 11.0. The number of benzene rings is 2. The smallest absolute Gasteiger partial charge is 0.260 e. The molecule has 0 bridgehead atoms. The molecule has 0 saturated carbocycles. The van der Waals surface area contributed by atoms with Crippen molar-refractivity contribution in [2.45, 2.75) is 12.1 Å². The molecule has 5 nitrogen and oxygen atoms in total. The van der Waals surface area contributed by atoms with E-state index in [9.17, 15) is 9.59 Å². The molecule has 29 heavy (non-hydrogen) atoms. The summed E-state index contributed by atoms with van der Waals surface area (Å²) >= 11 is 8.65. The molecule has 2 aromatic heterocycles. The minimum Gasteiger partial charge on any atom is -0.324 e. The van der Waals surface area contributed by atoms with Gasteiger partial charge in [0.25, 0.3) is 5.56 Å². The standard InChI is InChI=1S/C21H16ClN3O2S2/c1-12-6-8-13(9-7-12)14-10-28-20-18(14)19(27)24-21(25-20)29-11-17(26)23-16-5-3-2-4-15(16)22/h2-10H,11H2,1H3,(H,23,26)(H,24,25,27). The van der Waals surface area contributed by atoms with Gasteiger partial charge in [0.2, 0.25) is 5.91 Å². The van der Waals surface area contributed by atoms with Crippen LogP contribution in [-0.2, 0) is 4.79 Å². The van der Waals surface area contributed by atoms with Crippen LogP contribution >= 0.6 is 34.7 Å². The second kappa shape index (κ2) is 8.41. The number of fused-ring (bicyclic) bond motifs is 1. The number of anilines is 1. The molecule has 4 aromatic rings. The highest BCUT2D eigenvalue weighted by molar-refractivity contribution is 7.99. The topological polar surface area (TPSA) is 74.8 Å². The predicted octanol–water partition coefficient (Wildman–Crippen LogP) is 5.34. The van der Waals surface area contributed by atoms with Crippen molar-refractivity contribution in [3.8, 4) is 11.1 Å². The maximum atomic E-state index is 12.7. The summed E-state index contributed by atoms with van der Waals surface area (Å²) in [5.41, 5.74) is 3.35. The summed E-state index contributed by atoms with van der Waals surface area (Å²) in [6.45, 7) is 2.02. The molecule has 0 aliphatic heterocycles. The van der Waals surface area contributed by atoms with E-state index < -0.39 is 0 Å². The van der Waals surface area contributed by atoms with Gasteiger partial charge in [0.15, 0.2) is 5.16 Å². The van der Waals surface area contributed by atoms with Crippen LogP contribution in [0.1, 0.15) is 5.56 Å². The third kappa shape index (κ3) is 4.37. The molecule has 8 heteroatoms. The van der Waals surface area contributed by atoms with Crippen molar-refractivity contribution in [2.24, 2.45) is 0 Å². The van der Waals surface area contributed by atoms with Crippen molar-refractivity contribution in [3.63, 3.8) is 0 Å². The molecule has 0 radical (unpaired) electrons. The van der Waals surface area contributed by atoms with E-state index in [1.54, 1.807) is 24.3 Å². The van der Waals surface area contributed by atoms with E-state index in [1.165, 1.54) is 23.1 Å². The minimum atomic E-state index is -0.225. The molecule has 2 heterocycles. The molecule has 0 saturated heterocycles. The number of H-pyrrole nitrogens is 1. The van der Waals surface area contributed by atoms with Gasteiger partial charge in [-0.05, 0) is 24.6 Å². The average Bonchev–Trinajstić information content (AvgIpc) is 3.13. The number of amides is 1. The summed E-state index contributed by atoms with van der Waals surface area (Å²) in [6, 6.07) is 15.1. The summed E-state index contributed by atoms with van der Waals surface area (Å²) < 4.78 is 0. The maximum absolute atomic E-state index is 12.7. The van der Waals surface area contributed by atoms with Crippen molar-refractivity contribution in [3.05, 3.63) is 74.9 Å². The lowest BCUT2D eigenvalue weighted by atomic mass is 10.1. The first-order chi connectivity index (χ1) is 14.0. The van der Waals surface area contributed by atoms with Crippen molar-refractivity contribution < 1.29 is 4.79 Å². The van der Waals surface area contributed by atoms with Crippen LogP contribution in [0.5, 0.6) is 0 Å². The highest BCUT2D eigenvalue weighted by Gasteiger charge is 2.14. The van der Waals surface area contributed by atoms with Crippen LogP contribution in [-0.4, -0.2) is 21.6 Å². The molecule has 0 fully saturated rings. The highest BCUT2D eigenvalue weighted by Crippen LogP contribution is 2.31. The van der Waals surface area contributed by atoms with Crippen LogP contribution in [0.2, 0.25) is 5.02 Å². The lowest BCUT2D eigenvalue weighted by Gasteiger charge is -2.06. The van der Waals surface area contributed by atoms with E-state index in [1.807, 2.05) is 36.6 Å². The van der Waals surface area contributed by atoms with Crippen LogP contribution in [0.3, 0.4) is 0 Å². The van der Waals surface area contributed by atoms with Crippen LogP contribution < -0.4 is 10.9 Å². The summed E-state index contributed by atoms with van der Waals surface area (Å²) in [7, 11) is 0. The second-order valence-corrected chi connectivity index (χ2v) is 8.61. The van der Waals surface area contributed by atoms with Crippen molar-refractivity contribution in [2.75, 3.05) is 11.1 Å². The number of carbonyl (C=O) groups is 1. The van der Waals surface area contributed by atoms with Gasteiger partial charge in [-0.15, -0.1) is 11.3 Å². The molecule has 0 aliphatic carbocycles. The number of thiophene rings is 1. The zero-order valence-corrected chi connectivity index (χ0v) is 17.8. The zero-order chi connectivity index (χ0) is 20.4. The third-order valence-corrected chi connectivity index (χ3v) is 6.35. The van der Waals surface area contributed by atoms with Gasteiger partial charge in [-0.1, -0.05) is 65.3 Å². The van der Waals surface area contributed by atoms with Crippen molar-refractivity contribution in [1.29, 1.82) is 0 Å². The Morgan fingerprint density at radius 2 is 1.97 bits per heavy atom. The number of rotatable bonds is 5. The third-order valence-electron chi connectivity index (χ3n) is 4.27. The lowest BCUT2D eigenvalue weighted by molar-refractivity contribution is -0.113. The quantitative estimate of drug-likeness (QED) is 0.323. The number of hydrogen-bond acceptors (Lipinski definition) is 5. The zero-order valence-electron chi connectivity index (χ0n) is 15.4. The van der Waals surface area contributed by atoms with E-state index in [0.717, 1.165) is 16.7 Å². The summed E-state index contributed by atoms with van der Waals surface area (Å²) in [4.78, 5) is 32.8. The number of nitrogens with one attached hydrogen (secondary N) is 2. The Balaban J connectivity index is 1.52. The van der Waals surface area contributed by atoms with E-state index in [4.69, 9.17) is 11.6 Å². The first kappa shape index (κ1) is 19.7. The molecule has 0 unspecified atom stereocenters. The number of carbonyl (C=O) groups excluding carboxylic acids is 1. The molecule has 2 N–H and O–H groups in total. The Morgan fingerprint density at radius 3 is 2.72 bits per heavy atom. The van der Waals surface area contributed by atoms with E-state index >= 15 is 0 Å². The van der Waals surface area contributed by atoms with E-state index in [-0.39, 0.29) is 17.2 Å². The summed E-state index contributed by atoms with van der Waals surface area (Å²) in [5, 5.41) is 6.15. The Bertz CT molecular complexity index is 1250. The van der Waals surface area contributed by atoms with E-state index in [0.29, 0.717) is 26.1 Å². The van der Waals surface area contributed by atoms with E-state index in [2.05, 4.69) is 15.3 Å². The Kier molecular flexibility index (Phi) is 5.71. The highest BCUT2D eigenvalue weighted by atomic mass is 35.5. The monoisotopic (exact) mass is 441 g/mol. The van der Waals surface area contributed by atoms with Crippen molar-refractivity contribution >= 4 is 56.5 Å². The number of aromatic amines is 1. The van der Waals surface area contributed by atoms with Crippen LogP contribution in [0, 0.1) is 6.92 Å². The number of para-hydroxylation sites is 1. The molecule has 2 aromatic carbocycles. The van der Waals surface area contributed by atoms with Crippen LogP contribution in [0.4, 0.5) is 5.69 Å². The second-order valence-electron chi connectivity index (χ2n) is 6.38. The molecular formula is C21H16ClN3O2S2. The molecule has 0 atom stereocenters. The van der Waals surface area contributed by atoms with Crippen LogP contribution in [0.15, 0.2) is 63.9 Å². The fourth-order valence-corrected chi connectivity index (χ4v) is 4.68. The SMILES string of the molecule is Cc1ccc(-c2csc3nc(SCC(=O)Nc4ccccc4Cl)[nH]c(=O)c23)cc1. The number of nitrogens with zero attached hydrogens (tertiary/aromatic N) is 1. The van der Waals surface area contributed by atoms with Gasteiger partial charge in [-0.2, -0.15) is 0 Å². The van der Waals surface area contributed by atoms with Gasteiger partial charge in [0.05, 0.1) is 21.8 Å². The van der Waals surface area contributed by atoms with Crippen molar-refractivity contribution in [1.82, 2.24) is 9.97 Å². The van der Waals surface area contributed by atoms with Gasteiger partial charge >= 0.3 is 0 Å². The number of aryl methyl sites for hydroxylation is 1. The Morgan fingerprint density at radius 1 is 1.21 bits per heavy atom. The summed E-state index contributed by atoms with van der Waals surface area (Å²) in [6.07, 6.45) is 0. The van der Waals surface area contributed by atoms with Gasteiger partial charge in [0.1, 0.15) is 4.83 Å². The average molecular weight is 442 g/mol. The summed E-state index contributed by atoms with van der Waals surface area (Å²) in [5.74, 6) is -0.118. The largest absolute Gasteiger partial charge is 0.324 e. The number of halogens is 1. The Hall–Kier alpha value is -2.61. The molecular weight excluding hydrogens is 426 g/mol. The minimum absolute atomic E-state index is 0.107. The fraction of sp³-hybridized carbons (Fsp3) is 0.0952. The molecule has 4 rings (SSSR count). The molecule has 0 aliphatic rings. The van der Waals surface area contributed by atoms with Gasteiger partial charge in [0, 0.05) is 10.9 Å². The van der Waals surface area contributed by atoms with Crippen LogP contribution in [0.25, 0.3) is 21.3 Å². The fourth-order valence-electron chi connectivity index (χ4n) is 2.83. The van der Waals surface area contributed by atoms with Gasteiger partial charge < -0.3 is 10.3 Å². The number of aromatic nitrogens is 2. The number of hydrogen-bond donors (Lipinski definition) is 2. The maximum Gasteiger partial charge on any atom is 0.260 e. The first-order valence-electron chi connectivity index (χ1n) is 8.77. The predicted molar refractivity (Wildman–Crippen MR) is 121 cm³/mol. The lowest BCUT2D eigenvalue weighted by Crippen LogP contribution is -2.15. The number of thioether (sulfide) groups is 1. The van der Waals surface area contributed by atoms with Gasteiger partial charge in [-0.3, -0.25) is 9.59 Å². The Labute approximate surface area is 180 Å².